The summed E-state index contributed by atoms with van der Waals surface area (Å²) >= 11 is 0. The standard InChI is InChI=1S/2C13H13OP.C8H10/c2*1-15(14,12-8-4-2-5-9-12)13-10-6-3-7-11-13;1-7-3-5-8(2)6-4-7/h2*2-11H,1H3;3-6H,1-2H3. The first-order valence-corrected chi connectivity index (χ1v) is 16.9. The van der Waals surface area contributed by atoms with Gasteiger partial charge < -0.3 is 9.13 Å². The lowest BCUT2D eigenvalue weighted by Gasteiger charge is -2.13. The molecule has 0 unspecified atom stereocenters. The molecule has 0 bridgehead atoms. The fourth-order valence-electron chi connectivity index (χ4n) is 3.78. The quantitative estimate of drug-likeness (QED) is 0.221. The van der Waals surface area contributed by atoms with Crippen LogP contribution in [0.5, 0.6) is 0 Å². The van der Waals surface area contributed by atoms with E-state index in [1.54, 1.807) is 0 Å². The van der Waals surface area contributed by atoms with Crippen molar-refractivity contribution in [2.75, 3.05) is 13.3 Å². The van der Waals surface area contributed by atoms with Crippen LogP contribution in [0.1, 0.15) is 11.1 Å². The highest BCUT2D eigenvalue weighted by Gasteiger charge is 2.20. The van der Waals surface area contributed by atoms with E-state index in [9.17, 15) is 9.13 Å². The maximum Gasteiger partial charge on any atom is 0.140 e. The molecule has 2 nitrogen and oxygen atoms in total. The van der Waals surface area contributed by atoms with Gasteiger partial charge in [-0.05, 0) is 27.2 Å². The van der Waals surface area contributed by atoms with Gasteiger partial charge in [0.1, 0.15) is 14.3 Å². The third kappa shape index (κ3) is 8.29. The van der Waals surface area contributed by atoms with Gasteiger partial charge in [0.25, 0.3) is 0 Å². The van der Waals surface area contributed by atoms with E-state index in [0.29, 0.717) is 0 Å². The normalized spacial score (nSPS) is 10.8. The Morgan fingerprint density at radius 3 is 0.711 bits per heavy atom. The van der Waals surface area contributed by atoms with Crippen LogP contribution >= 0.6 is 14.3 Å². The van der Waals surface area contributed by atoms with Crippen molar-refractivity contribution in [1.29, 1.82) is 0 Å². The Kier molecular flexibility index (Phi) is 10.7. The van der Waals surface area contributed by atoms with Gasteiger partial charge in [-0.1, -0.05) is 157 Å². The molecule has 194 valence electrons. The van der Waals surface area contributed by atoms with E-state index in [0.717, 1.165) is 21.2 Å². The minimum Gasteiger partial charge on any atom is -0.314 e. The first-order valence-electron chi connectivity index (χ1n) is 12.6. The lowest BCUT2D eigenvalue weighted by molar-refractivity contribution is 0.589. The third-order valence-corrected chi connectivity index (χ3v) is 11.3. The van der Waals surface area contributed by atoms with Crippen LogP contribution in [0.15, 0.2) is 146 Å². The molecule has 0 aliphatic rings. The predicted molar refractivity (Wildman–Crippen MR) is 167 cm³/mol. The zero-order valence-corrected chi connectivity index (χ0v) is 24.4. The van der Waals surface area contributed by atoms with Crippen LogP contribution in [0.3, 0.4) is 0 Å². The molecule has 0 amide bonds. The van der Waals surface area contributed by atoms with Gasteiger partial charge >= 0.3 is 0 Å². The maximum atomic E-state index is 12.6. The number of hydrogen-bond donors (Lipinski definition) is 0. The Balaban J connectivity index is 0.000000166. The largest absolute Gasteiger partial charge is 0.314 e. The Morgan fingerprint density at radius 1 is 0.342 bits per heavy atom. The average molecular weight is 539 g/mol. The molecular weight excluding hydrogens is 502 g/mol. The van der Waals surface area contributed by atoms with E-state index in [1.807, 2.05) is 135 Å². The van der Waals surface area contributed by atoms with Crippen LogP contribution in [-0.4, -0.2) is 13.3 Å². The predicted octanol–water partition coefficient (Wildman–Crippen LogP) is 7.56. The summed E-state index contributed by atoms with van der Waals surface area (Å²) < 4.78 is 25.2. The lowest BCUT2D eigenvalue weighted by atomic mass is 10.2. The maximum absolute atomic E-state index is 12.6. The second-order valence-corrected chi connectivity index (χ2v) is 15.1. The summed E-state index contributed by atoms with van der Waals surface area (Å²) in [5.74, 6) is 0. The highest BCUT2D eigenvalue weighted by atomic mass is 31.2. The molecule has 0 aliphatic carbocycles. The van der Waals surface area contributed by atoms with Crippen molar-refractivity contribution in [3.8, 4) is 0 Å². The Labute approximate surface area is 228 Å². The van der Waals surface area contributed by atoms with E-state index in [4.69, 9.17) is 0 Å². The molecule has 0 radical (unpaired) electrons. The van der Waals surface area contributed by atoms with Crippen molar-refractivity contribution < 1.29 is 9.13 Å². The monoisotopic (exact) mass is 538 g/mol. The highest BCUT2D eigenvalue weighted by Crippen LogP contribution is 2.39. The van der Waals surface area contributed by atoms with Crippen LogP contribution in [0, 0.1) is 13.8 Å². The average Bonchev–Trinajstić information content (AvgIpc) is 2.97. The summed E-state index contributed by atoms with van der Waals surface area (Å²) in [6.45, 7) is 7.83. The van der Waals surface area contributed by atoms with Crippen molar-refractivity contribution in [2.45, 2.75) is 13.8 Å². The highest BCUT2D eigenvalue weighted by molar-refractivity contribution is 7.78. The Hall–Kier alpha value is -3.44. The van der Waals surface area contributed by atoms with Crippen molar-refractivity contribution in [1.82, 2.24) is 0 Å². The molecule has 0 N–H and O–H groups in total. The van der Waals surface area contributed by atoms with Gasteiger partial charge in [-0.15, -0.1) is 0 Å². The number of rotatable bonds is 4. The number of benzene rings is 5. The summed E-state index contributed by atoms with van der Waals surface area (Å²) in [5.41, 5.74) is 2.66. The minimum atomic E-state index is -2.40. The topological polar surface area (TPSA) is 34.1 Å². The van der Waals surface area contributed by atoms with Gasteiger partial charge in [-0.25, -0.2) is 0 Å². The van der Waals surface area contributed by atoms with E-state index in [2.05, 4.69) is 38.1 Å². The van der Waals surface area contributed by atoms with Crippen molar-refractivity contribution in [3.63, 3.8) is 0 Å². The molecule has 0 saturated carbocycles. The molecule has 5 rings (SSSR count). The summed E-state index contributed by atoms with van der Waals surface area (Å²) in [5, 5.41) is 3.65. The van der Waals surface area contributed by atoms with Gasteiger partial charge in [0.15, 0.2) is 0 Å². The fraction of sp³-hybridized carbons (Fsp3) is 0.118. The molecule has 38 heavy (non-hydrogen) atoms. The first kappa shape index (κ1) is 29.1. The molecule has 0 saturated heterocycles. The molecule has 0 heterocycles. The zero-order valence-electron chi connectivity index (χ0n) is 22.6. The molecule has 5 aromatic rings. The van der Waals surface area contributed by atoms with Gasteiger partial charge in [0.2, 0.25) is 0 Å². The van der Waals surface area contributed by atoms with Gasteiger partial charge in [-0.3, -0.25) is 0 Å². The van der Waals surface area contributed by atoms with E-state index < -0.39 is 14.3 Å². The summed E-state index contributed by atoms with van der Waals surface area (Å²) in [6.07, 6.45) is 0. The van der Waals surface area contributed by atoms with E-state index in [-0.39, 0.29) is 0 Å². The van der Waals surface area contributed by atoms with E-state index >= 15 is 0 Å². The Morgan fingerprint density at radius 2 is 0.526 bits per heavy atom. The van der Waals surface area contributed by atoms with Crippen molar-refractivity contribution >= 4 is 35.5 Å². The molecule has 0 spiro atoms. The second-order valence-electron chi connectivity index (χ2n) is 9.35. The summed E-state index contributed by atoms with van der Waals surface area (Å²) in [7, 11) is -4.79. The van der Waals surface area contributed by atoms with Crippen molar-refractivity contribution in [2.24, 2.45) is 0 Å². The smallest absolute Gasteiger partial charge is 0.140 e. The lowest BCUT2D eigenvalue weighted by Crippen LogP contribution is -2.14. The second kappa shape index (κ2) is 13.9. The fourth-order valence-corrected chi connectivity index (χ4v) is 7.35. The van der Waals surface area contributed by atoms with Gasteiger partial charge in [0.05, 0.1) is 0 Å². The molecule has 4 heteroatoms. The van der Waals surface area contributed by atoms with Crippen LogP contribution in [-0.2, 0) is 9.13 Å². The molecule has 0 aliphatic heterocycles. The molecule has 0 fully saturated rings. The number of hydrogen-bond acceptors (Lipinski definition) is 2. The molecular formula is C34H36O2P2. The van der Waals surface area contributed by atoms with E-state index in [1.165, 1.54) is 11.1 Å². The zero-order chi connectivity index (χ0) is 27.4. The number of aryl methyl sites for hydroxylation is 2. The third-order valence-electron chi connectivity index (χ3n) is 6.21. The van der Waals surface area contributed by atoms with Crippen LogP contribution in [0.2, 0.25) is 0 Å². The first-order chi connectivity index (χ1) is 18.2. The Bertz CT molecular complexity index is 1260. The van der Waals surface area contributed by atoms with Crippen molar-refractivity contribution in [3.05, 3.63) is 157 Å². The minimum absolute atomic E-state index is 0.913. The van der Waals surface area contributed by atoms with Crippen LogP contribution in [0.4, 0.5) is 0 Å². The van der Waals surface area contributed by atoms with Crippen LogP contribution in [0.25, 0.3) is 0 Å². The van der Waals surface area contributed by atoms with Gasteiger partial charge in [0, 0.05) is 21.2 Å². The molecule has 5 aromatic carbocycles. The molecule has 0 atom stereocenters. The molecule has 0 aromatic heterocycles. The summed E-state index contributed by atoms with van der Waals surface area (Å²) in [4.78, 5) is 0. The van der Waals surface area contributed by atoms with Crippen LogP contribution < -0.4 is 21.2 Å². The SMILES string of the molecule is CP(=O)(c1ccccc1)c1ccccc1.CP(=O)(c1ccccc1)c1ccccc1.Cc1ccc(C)cc1. The summed E-state index contributed by atoms with van der Waals surface area (Å²) in [6, 6.07) is 47.0. The van der Waals surface area contributed by atoms with Gasteiger partial charge in [-0.2, -0.15) is 0 Å².